The van der Waals surface area contributed by atoms with Crippen molar-refractivity contribution in [3.63, 3.8) is 0 Å². The first kappa shape index (κ1) is 14.3. The third-order valence-corrected chi connectivity index (χ3v) is 7.39. The zero-order valence-corrected chi connectivity index (χ0v) is 13.4. The van der Waals surface area contributed by atoms with Crippen molar-refractivity contribution in [1.29, 1.82) is 5.26 Å². The lowest BCUT2D eigenvalue weighted by Crippen LogP contribution is -2.65. The third kappa shape index (κ3) is 2.17. The van der Waals surface area contributed by atoms with Crippen LogP contribution >= 0.6 is 0 Å². The van der Waals surface area contributed by atoms with Crippen molar-refractivity contribution in [1.82, 2.24) is 4.72 Å². The Morgan fingerprint density at radius 3 is 2.15 bits per heavy atom. The minimum absolute atomic E-state index is 0.270. The van der Waals surface area contributed by atoms with Gasteiger partial charge in [0.15, 0.2) is 5.25 Å². The van der Waals surface area contributed by atoms with Gasteiger partial charge < -0.3 is 0 Å². The van der Waals surface area contributed by atoms with Crippen LogP contribution in [0.25, 0.3) is 0 Å². The van der Waals surface area contributed by atoms with E-state index in [4.69, 9.17) is 5.26 Å². The molecule has 3 atom stereocenters. The summed E-state index contributed by atoms with van der Waals surface area (Å²) in [5.74, 6) is 0.640. The smallest absolute Gasteiger partial charge is 0.211 e. The molecule has 0 aromatic rings. The topological polar surface area (TPSA) is 70.0 Å². The first-order valence-corrected chi connectivity index (χ1v) is 9.07. The highest BCUT2D eigenvalue weighted by Crippen LogP contribution is 2.66. The molecule has 1 N–H and O–H groups in total. The second-order valence-corrected chi connectivity index (χ2v) is 10.3. The monoisotopic (exact) mass is 296 g/mol. The van der Waals surface area contributed by atoms with E-state index in [1.807, 2.05) is 6.07 Å². The van der Waals surface area contributed by atoms with Gasteiger partial charge in [-0.15, -0.1) is 0 Å². The minimum atomic E-state index is -3.54. The maximum atomic E-state index is 12.3. The van der Waals surface area contributed by atoms with E-state index in [-0.39, 0.29) is 16.4 Å². The Kier molecular flexibility index (Phi) is 2.86. The van der Waals surface area contributed by atoms with Crippen LogP contribution in [0.1, 0.15) is 59.3 Å². The fraction of sp³-hybridized carbons (Fsp3) is 0.933. The Bertz CT molecular complexity index is 559. The molecule has 0 spiro atoms. The molecule has 4 saturated carbocycles. The van der Waals surface area contributed by atoms with Crippen LogP contribution in [0.2, 0.25) is 0 Å². The van der Waals surface area contributed by atoms with Gasteiger partial charge in [0.05, 0.1) is 6.07 Å². The molecular weight excluding hydrogens is 272 g/mol. The number of hydrogen-bond acceptors (Lipinski definition) is 3. The number of rotatable bonds is 3. The number of nitrogens with zero attached hydrogens (tertiary/aromatic N) is 1. The number of sulfonamides is 1. The van der Waals surface area contributed by atoms with Gasteiger partial charge in [0, 0.05) is 5.54 Å². The Morgan fingerprint density at radius 2 is 1.70 bits per heavy atom. The predicted octanol–water partition coefficient (Wildman–Crippen LogP) is 2.57. The van der Waals surface area contributed by atoms with E-state index in [0.717, 1.165) is 19.3 Å². The molecule has 4 nitrogen and oxygen atoms in total. The fourth-order valence-electron chi connectivity index (χ4n) is 6.02. The molecule has 112 valence electrons. The Morgan fingerprint density at radius 1 is 1.15 bits per heavy atom. The van der Waals surface area contributed by atoms with Gasteiger partial charge >= 0.3 is 0 Å². The van der Waals surface area contributed by atoms with Crippen LogP contribution in [0.3, 0.4) is 0 Å². The molecule has 4 bridgehead atoms. The number of hydrogen-bond donors (Lipinski definition) is 1. The molecule has 0 heterocycles. The first-order valence-electron chi connectivity index (χ1n) is 7.52. The van der Waals surface area contributed by atoms with Gasteiger partial charge in [0.1, 0.15) is 0 Å². The SMILES string of the molecule is CC(C#N)S(=O)(=O)NC12CC3CC(C)(CC(C)(C3)C1)C2. The summed E-state index contributed by atoms with van der Waals surface area (Å²) < 4.78 is 27.6. The summed E-state index contributed by atoms with van der Waals surface area (Å²) in [6, 6.07) is 1.86. The van der Waals surface area contributed by atoms with Crippen molar-refractivity contribution in [3.8, 4) is 6.07 Å². The zero-order valence-electron chi connectivity index (χ0n) is 12.6. The molecule has 0 saturated heterocycles. The molecule has 4 aliphatic carbocycles. The highest BCUT2D eigenvalue weighted by molar-refractivity contribution is 7.90. The first-order chi connectivity index (χ1) is 9.10. The molecule has 3 unspecified atom stereocenters. The summed E-state index contributed by atoms with van der Waals surface area (Å²) >= 11 is 0. The molecular formula is C15H24N2O2S. The van der Waals surface area contributed by atoms with Crippen LogP contribution in [0.5, 0.6) is 0 Å². The van der Waals surface area contributed by atoms with Crippen molar-refractivity contribution >= 4 is 10.0 Å². The van der Waals surface area contributed by atoms with Crippen LogP contribution in [0, 0.1) is 28.1 Å². The van der Waals surface area contributed by atoms with Gasteiger partial charge in [-0.3, -0.25) is 0 Å². The van der Waals surface area contributed by atoms with Gasteiger partial charge in [0.25, 0.3) is 0 Å². The summed E-state index contributed by atoms with van der Waals surface area (Å²) in [6.07, 6.45) is 6.51. The molecule has 0 aromatic heterocycles. The van der Waals surface area contributed by atoms with Crippen molar-refractivity contribution < 1.29 is 8.42 Å². The molecule has 5 heteroatoms. The quantitative estimate of drug-likeness (QED) is 0.870. The maximum Gasteiger partial charge on any atom is 0.228 e. The van der Waals surface area contributed by atoms with Crippen molar-refractivity contribution in [2.75, 3.05) is 0 Å². The van der Waals surface area contributed by atoms with Crippen LogP contribution in [-0.4, -0.2) is 19.2 Å². The number of nitrogens with one attached hydrogen (secondary N) is 1. The summed E-state index contributed by atoms with van der Waals surface area (Å²) in [5.41, 5.74) is 0.242. The maximum absolute atomic E-state index is 12.3. The minimum Gasteiger partial charge on any atom is -0.211 e. The van der Waals surface area contributed by atoms with E-state index in [9.17, 15) is 8.42 Å². The summed E-state index contributed by atoms with van der Waals surface area (Å²) in [7, 11) is -3.54. The molecule has 4 rings (SSSR count). The summed E-state index contributed by atoms with van der Waals surface area (Å²) in [5, 5.41) is 7.94. The van der Waals surface area contributed by atoms with Crippen LogP contribution in [-0.2, 0) is 10.0 Å². The average Bonchev–Trinajstić information content (AvgIpc) is 2.20. The lowest BCUT2D eigenvalue weighted by atomic mass is 9.43. The predicted molar refractivity (Wildman–Crippen MR) is 77.3 cm³/mol. The molecule has 0 radical (unpaired) electrons. The van der Waals surface area contributed by atoms with Crippen LogP contribution in [0.4, 0.5) is 0 Å². The standard InChI is InChI=1S/C15H24N2O2S/c1-11(7-16)20(18,19)17-15-6-12-4-13(2,9-15)8-14(3,5-12)10-15/h11-12,17H,4-6,8-10H2,1-3H3. The third-order valence-electron chi connectivity index (χ3n) is 5.63. The van der Waals surface area contributed by atoms with Crippen molar-refractivity contribution in [2.24, 2.45) is 16.7 Å². The molecule has 0 aromatic carbocycles. The van der Waals surface area contributed by atoms with E-state index >= 15 is 0 Å². The summed E-state index contributed by atoms with van der Waals surface area (Å²) in [4.78, 5) is 0. The molecule has 0 amide bonds. The normalized spacial score (nSPS) is 48.0. The average molecular weight is 296 g/mol. The highest BCUT2D eigenvalue weighted by atomic mass is 32.2. The largest absolute Gasteiger partial charge is 0.228 e. The summed E-state index contributed by atoms with van der Waals surface area (Å²) in [6.45, 7) is 6.09. The van der Waals surface area contributed by atoms with E-state index in [0.29, 0.717) is 5.92 Å². The lowest BCUT2D eigenvalue weighted by Gasteiger charge is -2.65. The van der Waals surface area contributed by atoms with Crippen molar-refractivity contribution in [2.45, 2.75) is 70.1 Å². The Labute approximate surface area is 122 Å². The van der Waals surface area contributed by atoms with Gasteiger partial charge in [-0.1, -0.05) is 13.8 Å². The molecule has 4 fully saturated rings. The van der Waals surface area contributed by atoms with Crippen molar-refractivity contribution in [3.05, 3.63) is 0 Å². The molecule has 20 heavy (non-hydrogen) atoms. The second kappa shape index (κ2) is 3.98. The van der Waals surface area contributed by atoms with E-state index < -0.39 is 15.3 Å². The fourth-order valence-corrected chi connectivity index (χ4v) is 7.17. The van der Waals surface area contributed by atoms with Crippen LogP contribution < -0.4 is 4.72 Å². The Hall–Kier alpha value is -0.600. The van der Waals surface area contributed by atoms with E-state index in [1.165, 1.54) is 26.2 Å². The lowest BCUT2D eigenvalue weighted by molar-refractivity contribution is -0.110. The zero-order chi connectivity index (χ0) is 14.8. The van der Waals surface area contributed by atoms with Gasteiger partial charge in [-0.05, 0) is 62.2 Å². The second-order valence-electron chi connectivity index (χ2n) is 8.33. The van der Waals surface area contributed by atoms with Gasteiger partial charge in [-0.25, -0.2) is 13.1 Å². The van der Waals surface area contributed by atoms with Gasteiger partial charge in [-0.2, -0.15) is 5.26 Å². The van der Waals surface area contributed by atoms with E-state index in [2.05, 4.69) is 18.6 Å². The van der Waals surface area contributed by atoms with Gasteiger partial charge in [0.2, 0.25) is 10.0 Å². The number of nitriles is 1. The Balaban J connectivity index is 1.92. The molecule has 4 aliphatic rings. The molecule has 0 aliphatic heterocycles. The van der Waals surface area contributed by atoms with E-state index in [1.54, 1.807) is 0 Å². The van der Waals surface area contributed by atoms with Crippen LogP contribution in [0.15, 0.2) is 0 Å². The highest BCUT2D eigenvalue weighted by Gasteiger charge is 2.61.